The highest BCUT2D eigenvalue weighted by Crippen LogP contribution is 2.49. The second-order valence-corrected chi connectivity index (χ2v) is 9.73. The number of benzene rings is 2. The quantitative estimate of drug-likeness (QED) is 0.300. The van der Waals surface area contributed by atoms with Gasteiger partial charge in [-0.2, -0.15) is 26.0 Å². The molecule has 0 radical (unpaired) electrons. The first-order valence-corrected chi connectivity index (χ1v) is 10.6. The molecule has 0 saturated carbocycles. The van der Waals surface area contributed by atoms with E-state index in [1.54, 1.807) is 0 Å². The molecule has 0 heterocycles. The van der Waals surface area contributed by atoms with E-state index in [2.05, 4.69) is 0 Å². The summed E-state index contributed by atoms with van der Waals surface area (Å²) in [5.41, 5.74) is 0. The van der Waals surface area contributed by atoms with E-state index in [1.165, 1.54) is 0 Å². The van der Waals surface area contributed by atoms with Gasteiger partial charge < -0.3 is 0 Å². The van der Waals surface area contributed by atoms with E-state index in [-0.39, 0.29) is 6.07 Å². The monoisotopic (exact) mass is 466 g/mol. The van der Waals surface area contributed by atoms with E-state index in [4.69, 9.17) is 4.55 Å². The SMILES string of the molecule is O=S(=O)(c1cccc(SC(F)(F)C(F)(F)S(=O)(=O)O)c1)c1ccc(F)cc1F. The third kappa shape index (κ3) is 4.14. The zero-order valence-electron chi connectivity index (χ0n) is 13.1. The van der Waals surface area contributed by atoms with Crippen molar-refractivity contribution in [2.45, 2.75) is 25.2 Å². The fourth-order valence-corrected chi connectivity index (χ4v) is 4.80. The second-order valence-electron chi connectivity index (χ2n) is 5.16. The molecule has 28 heavy (non-hydrogen) atoms. The molecule has 0 aromatic heterocycles. The van der Waals surface area contributed by atoms with Gasteiger partial charge in [0, 0.05) is 11.0 Å². The first-order valence-electron chi connectivity index (χ1n) is 6.81. The highest BCUT2D eigenvalue weighted by molar-refractivity contribution is 8.01. The van der Waals surface area contributed by atoms with Crippen LogP contribution < -0.4 is 0 Å². The van der Waals surface area contributed by atoms with Crippen molar-refractivity contribution in [3.63, 3.8) is 0 Å². The van der Waals surface area contributed by atoms with Crippen molar-refractivity contribution in [2.75, 3.05) is 0 Å². The van der Waals surface area contributed by atoms with Crippen LogP contribution in [0.2, 0.25) is 0 Å². The lowest BCUT2D eigenvalue weighted by atomic mass is 10.3. The Morgan fingerprint density at radius 2 is 1.50 bits per heavy atom. The van der Waals surface area contributed by atoms with Crippen LogP contribution in [0.15, 0.2) is 57.2 Å². The fourth-order valence-electron chi connectivity index (χ4n) is 1.88. The third-order valence-corrected chi connectivity index (χ3v) is 7.03. The maximum absolute atomic E-state index is 13.8. The van der Waals surface area contributed by atoms with E-state index in [1.807, 2.05) is 0 Å². The van der Waals surface area contributed by atoms with Crippen molar-refractivity contribution in [3.05, 3.63) is 54.1 Å². The first-order chi connectivity index (χ1) is 12.6. The van der Waals surface area contributed by atoms with Crippen LogP contribution in [0.5, 0.6) is 0 Å². The molecule has 0 amide bonds. The summed E-state index contributed by atoms with van der Waals surface area (Å²) < 4.78 is 135. The largest absolute Gasteiger partial charge is 0.442 e. The van der Waals surface area contributed by atoms with Gasteiger partial charge in [0.2, 0.25) is 9.84 Å². The van der Waals surface area contributed by atoms with Crippen molar-refractivity contribution < 1.29 is 47.7 Å². The Labute approximate surface area is 159 Å². The van der Waals surface area contributed by atoms with Crippen molar-refractivity contribution in [1.82, 2.24) is 0 Å². The maximum atomic E-state index is 13.8. The molecule has 0 aliphatic rings. The molecule has 0 aliphatic carbocycles. The Kier molecular flexibility index (Phi) is 5.82. The second kappa shape index (κ2) is 7.24. The smallest absolute Gasteiger partial charge is 0.281 e. The Morgan fingerprint density at radius 3 is 2.04 bits per heavy atom. The van der Waals surface area contributed by atoms with E-state index < -0.39 is 68.5 Å². The molecule has 154 valence electrons. The van der Waals surface area contributed by atoms with Crippen LogP contribution in [-0.4, -0.2) is 31.9 Å². The molecule has 0 fully saturated rings. The number of halogens is 6. The topological polar surface area (TPSA) is 88.5 Å². The van der Waals surface area contributed by atoms with Gasteiger partial charge in [-0.05, 0) is 42.1 Å². The lowest BCUT2D eigenvalue weighted by Gasteiger charge is -2.23. The van der Waals surface area contributed by atoms with Crippen LogP contribution in [0.25, 0.3) is 0 Å². The summed E-state index contributed by atoms with van der Waals surface area (Å²) in [4.78, 5) is -2.61. The summed E-state index contributed by atoms with van der Waals surface area (Å²) in [6, 6.07) is 4.41. The van der Waals surface area contributed by atoms with Gasteiger partial charge >= 0.3 is 20.6 Å². The zero-order valence-corrected chi connectivity index (χ0v) is 15.6. The van der Waals surface area contributed by atoms with Crippen LogP contribution in [0.4, 0.5) is 26.3 Å². The molecule has 0 saturated heterocycles. The zero-order chi connectivity index (χ0) is 21.5. The van der Waals surface area contributed by atoms with Crippen LogP contribution in [-0.2, 0) is 20.0 Å². The Balaban J connectivity index is 2.47. The minimum atomic E-state index is -6.48. The lowest BCUT2D eigenvalue weighted by Crippen LogP contribution is -2.44. The van der Waals surface area contributed by atoms with Crippen molar-refractivity contribution in [3.8, 4) is 0 Å². The van der Waals surface area contributed by atoms with Gasteiger partial charge in [-0.25, -0.2) is 17.2 Å². The van der Waals surface area contributed by atoms with Gasteiger partial charge in [-0.1, -0.05) is 6.07 Å². The molecular formula is C14H8F6O5S3. The summed E-state index contributed by atoms with van der Waals surface area (Å²) in [5.74, 6) is -2.55. The molecule has 14 heteroatoms. The van der Waals surface area contributed by atoms with E-state index in [0.29, 0.717) is 18.2 Å². The van der Waals surface area contributed by atoms with Gasteiger partial charge in [0.15, 0.2) is 0 Å². The van der Waals surface area contributed by atoms with Crippen LogP contribution in [0, 0.1) is 11.6 Å². The summed E-state index contributed by atoms with van der Waals surface area (Å²) >= 11 is -1.03. The number of sulfone groups is 1. The summed E-state index contributed by atoms with van der Waals surface area (Å²) in [7, 11) is -11.2. The first kappa shape index (κ1) is 22.5. The average molecular weight is 466 g/mol. The predicted octanol–water partition coefficient (Wildman–Crippen LogP) is 3.96. The minimum Gasteiger partial charge on any atom is -0.281 e. The van der Waals surface area contributed by atoms with Crippen molar-refractivity contribution >= 4 is 31.7 Å². The highest BCUT2D eigenvalue weighted by Gasteiger charge is 2.66. The Bertz CT molecular complexity index is 1120. The van der Waals surface area contributed by atoms with Gasteiger partial charge in [0.1, 0.15) is 16.5 Å². The number of thioether (sulfide) groups is 1. The van der Waals surface area contributed by atoms with Crippen molar-refractivity contribution in [1.29, 1.82) is 0 Å². The molecule has 0 spiro atoms. The molecule has 2 aromatic carbocycles. The van der Waals surface area contributed by atoms with E-state index in [9.17, 15) is 43.2 Å². The summed E-state index contributed by atoms with van der Waals surface area (Å²) in [5, 5.41) is -11.2. The van der Waals surface area contributed by atoms with E-state index in [0.717, 1.165) is 18.2 Å². The summed E-state index contributed by atoms with van der Waals surface area (Å²) in [6.07, 6.45) is 0. The van der Waals surface area contributed by atoms with Gasteiger partial charge in [-0.3, -0.25) is 4.55 Å². The fraction of sp³-hybridized carbons (Fsp3) is 0.143. The standard InChI is InChI=1S/C14H8F6O5S3/c15-8-4-5-12(11(16)6-8)27(21,22)10-3-1-2-9(7-10)26-13(17,18)14(19,20)28(23,24)25/h1-7H,(H,23,24,25). The maximum Gasteiger partial charge on any atom is 0.442 e. The normalized spacial score (nSPS) is 13.5. The molecular weight excluding hydrogens is 458 g/mol. The number of hydrogen-bond donors (Lipinski definition) is 1. The molecule has 0 unspecified atom stereocenters. The number of alkyl halides is 4. The predicted molar refractivity (Wildman–Crippen MR) is 85.6 cm³/mol. The third-order valence-electron chi connectivity index (χ3n) is 3.21. The summed E-state index contributed by atoms with van der Waals surface area (Å²) in [6.45, 7) is 0. The molecule has 1 N–H and O–H groups in total. The molecule has 0 aliphatic heterocycles. The van der Waals surface area contributed by atoms with Crippen molar-refractivity contribution in [2.24, 2.45) is 0 Å². The number of rotatable bonds is 6. The molecule has 2 aromatic rings. The molecule has 2 rings (SSSR count). The van der Waals surface area contributed by atoms with Crippen LogP contribution in [0.1, 0.15) is 0 Å². The number of hydrogen-bond acceptors (Lipinski definition) is 5. The van der Waals surface area contributed by atoms with Gasteiger partial charge in [-0.15, -0.1) is 0 Å². The molecule has 0 atom stereocenters. The lowest BCUT2D eigenvalue weighted by molar-refractivity contribution is -0.0946. The Morgan fingerprint density at radius 1 is 0.893 bits per heavy atom. The molecule has 5 nitrogen and oxygen atoms in total. The minimum absolute atomic E-state index is 0.270. The van der Waals surface area contributed by atoms with Gasteiger partial charge in [0.05, 0.1) is 4.90 Å². The average Bonchev–Trinajstić information content (AvgIpc) is 2.53. The highest BCUT2D eigenvalue weighted by atomic mass is 32.2. The molecule has 0 bridgehead atoms. The van der Waals surface area contributed by atoms with Crippen LogP contribution >= 0.6 is 11.8 Å². The van der Waals surface area contributed by atoms with Gasteiger partial charge in [0.25, 0.3) is 0 Å². The Hall–Kier alpha value is -1.77. The van der Waals surface area contributed by atoms with E-state index >= 15 is 0 Å². The van der Waals surface area contributed by atoms with Crippen LogP contribution in [0.3, 0.4) is 0 Å².